The molecule has 0 spiro atoms. The molecule has 0 bridgehead atoms. The van der Waals surface area contributed by atoms with E-state index in [2.05, 4.69) is 62.5 Å². The van der Waals surface area contributed by atoms with Crippen LogP contribution in [0.15, 0.2) is 48.6 Å². The summed E-state index contributed by atoms with van der Waals surface area (Å²) >= 11 is 0. The number of phosphoric acid groups is 1. The third-order valence-electron chi connectivity index (χ3n) is 8.61. The minimum atomic E-state index is -4.38. The maximum Gasteiger partial charge on any atom is 0.472 e. The Balaban J connectivity index is 4.46. The number of carbonyl (C=O) groups is 2. The average Bonchev–Trinajstić information content (AvgIpc) is 3.10. The monoisotopic (exact) mass is 769 g/mol. The van der Waals surface area contributed by atoms with Crippen LogP contribution >= 0.6 is 7.82 Å². The highest BCUT2D eigenvalue weighted by atomic mass is 31.2. The molecule has 9 nitrogen and oxygen atoms in total. The molecule has 0 aliphatic carbocycles. The minimum Gasteiger partial charge on any atom is -0.462 e. The van der Waals surface area contributed by atoms with E-state index < -0.39 is 26.5 Å². The van der Waals surface area contributed by atoms with Gasteiger partial charge in [0.1, 0.15) is 19.8 Å². The van der Waals surface area contributed by atoms with Gasteiger partial charge in [-0.25, -0.2) is 4.57 Å². The van der Waals surface area contributed by atoms with E-state index in [0.717, 1.165) is 89.9 Å². The number of quaternary nitrogens is 1. The van der Waals surface area contributed by atoms with Crippen molar-refractivity contribution in [2.24, 2.45) is 0 Å². The zero-order valence-electron chi connectivity index (χ0n) is 34.5. The molecular formula is C43H79NO8P+. The van der Waals surface area contributed by atoms with Crippen LogP contribution in [0.1, 0.15) is 162 Å². The third kappa shape index (κ3) is 39.5. The summed E-state index contributed by atoms with van der Waals surface area (Å²) in [6, 6.07) is 0. The first-order valence-corrected chi connectivity index (χ1v) is 22.4. The molecule has 308 valence electrons. The van der Waals surface area contributed by atoms with Crippen molar-refractivity contribution in [3.05, 3.63) is 48.6 Å². The second-order valence-electron chi connectivity index (χ2n) is 15.0. The number of hydrogen-bond donors (Lipinski definition) is 1. The van der Waals surface area contributed by atoms with Gasteiger partial charge in [-0.2, -0.15) is 0 Å². The van der Waals surface area contributed by atoms with E-state index in [1.165, 1.54) is 38.5 Å². The van der Waals surface area contributed by atoms with Crippen LogP contribution in [-0.2, 0) is 32.7 Å². The minimum absolute atomic E-state index is 0.0245. The second-order valence-corrected chi connectivity index (χ2v) is 16.5. The van der Waals surface area contributed by atoms with Crippen LogP contribution in [0.5, 0.6) is 0 Å². The first-order valence-electron chi connectivity index (χ1n) is 20.9. The van der Waals surface area contributed by atoms with Crippen molar-refractivity contribution in [2.45, 2.75) is 168 Å². The number of unbranched alkanes of at least 4 members (excludes halogenated alkanes) is 16. The summed E-state index contributed by atoms with van der Waals surface area (Å²) in [5.74, 6) is -0.836. The Bertz CT molecular complexity index is 1050. The normalized spacial score (nSPS) is 14.2. The smallest absolute Gasteiger partial charge is 0.462 e. The van der Waals surface area contributed by atoms with E-state index >= 15 is 0 Å². The lowest BCUT2D eigenvalue weighted by Gasteiger charge is -2.24. The molecule has 0 amide bonds. The van der Waals surface area contributed by atoms with E-state index in [-0.39, 0.29) is 32.0 Å². The fraction of sp³-hybridized carbons (Fsp3) is 0.767. The SMILES string of the molecule is CCCC/C=C/C/C=C/CCCCCCCC(=O)OC[C@H](COP(=O)(O)OCC[N+](C)(C)C)OC(=O)CCCCCCC/C=C/C=C/CCCCCC. The van der Waals surface area contributed by atoms with Crippen molar-refractivity contribution in [1.82, 2.24) is 0 Å². The van der Waals surface area contributed by atoms with E-state index in [4.69, 9.17) is 18.5 Å². The largest absolute Gasteiger partial charge is 0.472 e. The lowest BCUT2D eigenvalue weighted by Crippen LogP contribution is -2.37. The summed E-state index contributed by atoms with van der Waals surface area (Å²) in [6.45, 7) is 4.31. The number of nitrogens with zero attached hydrogens (tertiary/aromatic N) is 1. The molecule has 0 radical (unpaired) electrons. The topological polar surface area (TPSA) is 108 Å². The van der Waals surface area contributed by atoms with E-state index in [9.17, 15) is 19.0 Å². The number of phosphoric ester groups is 1. The maximum absolute atomic E-state index is 12.7. The summed E-state index contributed by atoms with van der Waals surface area (Å²) in [7, 11) is 1.45. The van der Waals surface area contributed by atoms with Gasteiger partial charge >= 0.3 is 19.8 Å². The average molecular weight is 769 g/mol. The van der Waals surface area contributed by atoms with E-state index in [0.29, 0.717) is 17.4 Å². The van der Waals surface area contributed by atoms with Gasteiger partial charge < -0.3 is 18.9 Å². The zero-order chi connectivity index (χ0) is 39.3. The van der Waals surface area contributed by atoms with Gasteiger partial charge in [-0.15, -0.1) is 0 Å². The molecule has 0 aliphatic heterocycles. The Morgan fingerprint density at radius 3 is 1.66 bits per heavy atom. The number of likely N-dealkylation sites (N-methyl/N-ethyl adjacent to an activating group) is 1. The Morgan fingerprint density at radius 2 is 1.09 bits per heavy atom. The van der Waals surface area contributed by atoms with Crippen molar-refractivity contribution in [3.8, 4) is 0 Å². The fourth-order valence-corrected chi connectivity index (χ4v) is 6.00. The summed E-state index contributed by atoms with van der Waals surface area (Å²) in [4.78, 5) is 35.3. The molecule has 0 saturated heterocycles. The highest BCUT2D eigenvalue weighted by Crippen LogP contribution is 2.43. The summed E-state index contributed by atoms with van der Waals surface area (Å²) < 4.78 is 34.2. The van der Waals surface area contributed by atoms with Gasteiger partial charge in [0, 0.05) is 12.8 Å². The number of esters is 2. The second kappa shape index (κ2) is 35.7. The van der Waals surface area contributed by atoms with Crippen LogP contribution in [-0.4, -0.2) is 74.9 Å². The predicted molar refractivity (Wildman–Crippen MR) is 220 cm³/mol. The number of carbonyl (C=O) groups excluding carboxylic acids is 2. The standard InChI is InChI=1S/C43H78NO8P/c1-6-8-10-12-14-16-18-20-22-24-26-28-30-32-34-36-43(46)52-41(40-51-53(47,48)50-38-37-44(3,4)5)39-49-42(45)35-33-31-29-27-25-23-21-19-17-15-13-11-9-7-2/h13,15-16,18-22,41H,6-12,14,17,23-40H2,1-5H3/p+1/b15-13+,18-16+,21-19+,22-20+/t41-/m1/s1. The molecule has 1 unspecified atom stereocenters. The highest BCUT2D eigenvalue weighted by molar-refractivity contribution is 7.47. The van der Waals surface area contributed by atoms with Crippen molar-refractivity contribution in [3.63, 3.8) is 0 Å². The lowest BCUT2D eigenvalue weighted by atomic mass is 10.1. The molecule has 0 aliphatic rings. The maximum atomic E-state index is 12.7. The lowest BCUT2D eigenvalue weighted by molar-refractivity contribution is -0.870. The van der Waals surface area contributed by atoms with Gasteiger partial charge in [-0.1, -0.05) is 133 Å². The van der Waals surface area contributed by atoms with Crippen LogP contribution in [0.2, 0.25) is 0 Å². The number of hydrogen-bond acceptors (Lipinski definition) is 7. The van der Waals surface area contributed by atoms with Crippen LogP contribution in [0, 0.1) is 0 Å². The highest BCUT2D eigenvalue weighted by Gasteiger charge is 2.27. The van der Waals surface area contributed by atoms with Crippen LogP contribution < -0.4 is 0 Å². The van der Waals surface area contributed by atoms with Gasteiger partial charge in [0.2, 0.25) is 0 Å². The Labute approximate surface area is 324 Å². The summed E-state index contributed by atoms with van der Waals surface area (Å²) in [5.41, 5.74) is 0. The van der Waals surface area contributed by atoms with Gasteiger partial charge in [0.15, 0.2) is 6.10 Å². The van der Waals surface area contributed by atoms with Crippen molar-refractivity contribution in [1.29, 1.82) is 0 Å². The molecule has 0 aromatic carbocycles. The zero-order valence-corrected chi connectivity index (χ0v) is 35.4. The van der Waals surface area contributed by atoms with Crippen molar-refractivity contribution < 1.29 is 42.1 Å². The van der Waals surface area contributed by atoms with Crippen molar-refractivity contribution >= 4 is 19.8 Å². The summed E-state index contributed by atoms with van der Waals surface area (Å²) in [5, 5.41) is 0. The Kier molecular flexibility index (Phi) is 34.3. The first kappa shape index (κ1) is 51.0. The van der Waals surface area contributed by atoms with Gasteiger partial charge in [-0.05, 0) is 64.2 Å². The summed E-state index contributed by atoms with van der Waals surface area (Å²) in [6.07, 6.45) is 40.1. The third-order valence-corrected chi connectivity index (χ3v) is 9.59. The molecule has 10 heteroatoms. The van der Waals surface area contributed by atoms with E-state index in [1.807, 2.05) is 21.1 Å². The fourth-order valence-electron chi connectivity index (χ4n) is 5.25. The van der Waals surface area contributed by atoms with Crippen LogP contribution in [0.4, 0.5) is 0 Å². The Morgan fingerprint density at radius 1 is 0.604 bits per heavy atom. The molecule has 53 heavy (non-hydrogen) atoms. The number of ether oxygens (including phenoxy) is 2. The number of allylic oxidation sites excluding steroid dienone is 8. The van der Waals surface area contributed by atoms with Gasteiger partial charge in [0.25, 0.3) is 0 Å². The van der Waals surface area contributed by atoms with Crippen LogP contribution in [0.25, 0.3) is 0 Å². The molecule has 0 saturated carbocycles. The molecule has 0 aromatic rings. The molecule has 0 heterocycles. The van der Waals surface area contributed by atoms with Gasteiger partial charge in [0.05, 0.1) is 27.7 Å². The van der Waals surface area contributed by atoms with E-state index in [1.54, 1.807) is 0 Å². The molecule has 0 fully saturated rings. The Hall–Kier alpha value is -2.03. The first-order chi connectivity index (χ1) is 25.5. The predicted octanol–water partition coefficient (Wildman–Crippen LogP) is 11.5. The molecule has 0 aromatic heterocycles. The van der Waals surface area contributed by atoms with Crippen LogP contribution in [0.3, 0.4) is 0 Å². The molecule has 1 N–H and O–H groups in total. The van der Waals surface area contributed by atoms with Gasteiger partial charge in [-0.3, -0.25) is 18.6 Å². The molecular weight excluding hydrogens is 689 g/mol. The number of rotatable bonds is 37. The van der Waals surface area contributed by atoms with Crippen molar-refractivity contribution in [2.75, 3.05) is 47.5 Å². The molecule has 2 atom stereocenters. The quantitative estimate of drug-likeness (QED) is 0.0166. The molecule has 0 rings (SSSR count).